The molecule has 3 aromatic carbocycles. The van der Waals surface area contributed by atoms with Crippen LogP contribution in [0.4, 0.5) is 10.5 Å². The lowest BCUT2D eigenvalue weighted by Gasteiger charge is -2.26. The molecule has 0 fully saturated rings. The number of sulfonamides is 1. The van der Waals surface area contributed by atoms with Crippen LogP contribution in [0.15, 0.2) is 82.1 Å². The number of carboxylic acid groups (broad SMARTS) is 1. The molecule has 5 rings (SSSR count). The average molecular weight is 537 g/mol. The number of methoxy groups -OCH3 is 1. The van der Waals surface area contributed by atoms with Gasteiger partial charge in [-0.05, 0) is 42.8 Å². The van der Waals surface area contributed by atoms with Gasteiger partial charge in [0.15, 0.2) is 17.7 Å². The van der Waals surface area contributed by atoms with E-state index in [1.54, 1.807) is 31.2 Å². The van der Waals surface area contributed by atoms with Crippen LogP contribution in [-0.2, 0) is 27.8 Å². The van der Waals surface area contributed by atoms with Gasteiger partial charge in [-0.3, -0.25) is 0 Å². The topological polar surface area (TPSA) is 128 Å². The van der Waals surface area contributed by atoms with E-state index >= 15 is 0 Å². The van der Waals surface area contributed by atoms with Crippen LogP contribution in [0.2, 0.25) is 0 Å². The van der Waals surface area contributed by atoms with E-state index in [4.69, 9.17) is 18.6 Å². The molecule has 0 saturated carbocycles. The number of aryl methyl sites for hydroxylation is 1. The molecule has 1 atom stereocenters. The molecule has 38 heavy (non-hydrogen) atoms. The summed E-state index contributed by atoms with van der Waals surface area (Å²) in [7, 11) is -2.82. The van der Waals surface area contributed by atoms with Gasteiger partial charge in [-0.15, -0.1) is 0 Å². The Morgan fingerprint density at radius 2 is 1.82 bits per heavy atom. The molecule has 1 aliphatic heterocycles. The highest BCUT2D eigenvalue weighted by Crippen LogP contribution is 2.39. The number of hydrogen-bond donors (Lipinski definition) is 1. The Bertz CT molecular complexity index is 1580. The van der Waals surface area contributed by atoms with E-state index in [9.17, 15) is 18.3 Å². The minimum atomic E-state index is -4.22. The number of ether oxygens (including phenoxy) is 3. The van der Waals surface area contributed by atoms with Crippen LogP contribution in [-0.4, -0.2) is 38.0 Å². The number of aromatic nitrogens is 1. The zero-order valence-corrected chi connectivity index (χ0v) is 21.3. The zero-order chi connectivity index (χ0) is 26.9. The third-order valence-corrected chi connectivity index (χ3v) is 7.89. The second-order valence-corrected chi connectivity index (χ2v) is 10.3. The number of nitrogens with zero attached hydrogens (tertiary/aromatic N) is 2. The molecule has 0 bridgehead atoms. The number of anilines is 1. The van der Waals surface area contributed by atoms with Crippen LogP contribution in [0, 0.1) is 6.92 Å². The van der Waals surface area contributed by atoms with E-state index < -0.39 is 22.4 Å². The third-order valence-electron chi connectivity index (χ3n) is 6.09. The fourth-order valence-corrected chi connectivity index (χ4v) is 5.86. The van der Waals surface area contributed by atoms with Crippen molar-refractivity contribution in [3.8, 4) is 23.0 Å². The molecule has 1 N–H and O–H groups in total. The molecular weight excluding hydrogens is 512 g/mol. The number of rotatable bonds is 8. The van der Waals surface area contributed by atoms with Gasteiger partial charge in [-0.1, -0.05) is 36.4 Å². The monoisotopic (exact) mass is 536 g/mol. The van der Waals surface area contributed by atoms with Gasteiger partial charge >= 0.3 is 6.16 Å². The van der Waals surface area contributed by atoms with E-state index in [1.165, 1.54) is 25.3 Å². The van der Waals surface area contributed by atoms with Crippen LogP contribution < -0.4 is 13.8 Å². The normalized spacial score (nSPS) is 14.7. The summed E-state index contributed by atoms with van der Waals surface area (Å²) in [4.78, 5) is 15.7. The van der Waals surface area contributed by atoms with Crippen LogP contribution >= 0.6 is 0 Å². The fraction of sp³-hybridized carbons (Fsp3) is 0.185. The molecule has 0 spiro atoms. The molecule has 2 heterocycles. The summed E-state index contributed by atoms with van der Waals surface area (Å²) < 4.78 is 50.3. The van der Waals surface area contributed by atoms with Crippen molar-refractivity contribution in [3.63, 3.8) is 0 Å². The number of benzene rings is 3. The standard InChI is InChI=1S/C27H24N2O8S/c1-17-21(28-26(36-17)18-8-4-3-5-9-18)16-35-23-13-12-20(15-24(23)34-2)38(32,33)29-22-11-7-6-10-19(22)14-25(29)37-27(30)31/h3-13,15,25H,14,16H2,1-2H3,(H,30,31)/t25-/m1/s1. The van der Waals surface area contributed by atoms with Crippen molar-refractivity contribution in [2.24, 2.45) is 0 Å². The number of fused-ring (bicyclic) bond motifs is 1. The maximum atomic E-state index is 13.7. The first-order valence-electron chi connectivity index (χ1n) is 11.6. The lowest BCUT2D eigenvalue weighted by molar-refractivity contribution is 0.0596. The number of para-hydroxylation sites is 1. The molecule has 0 saturated heterocycles. The molecule has 0 amide bonds. The molecule has 196 valence electrons. The highest BCUT2D eigenvalue weighted by Gasteiger charge is 2.41. The van der Waals surface area contributed by atoms with Gasteiger partial charge in [-0.25, -0.2) is 22.5 Å². The van der Waals surface area contributed by atoms with Crippen molar-refractivity contribution in [2.45, 2.75) is 31.1 Å². The lowest BCUT2D eigenvalue weighted by atomic mass is 10.2. The number of carbonyl (C=O) groups is 1. The Labute approximate surface area is 219 Å². The third kappa shape index (κ3) is 4.75. The Hall–Kier alpha value is -4.51. The van der Waals surface area contributed by atoms with Crippen molar-refractivity contribution in [2.75, 3.05) is 11.4 Å². The highest BCUT2D eigenvalue weighted by molar-refractivity contribution is 7.92. The lowest BCUT2D eigenvalue weighted by Crippen LogP contribution is -2.40. The van der Waals surface area contributed by atoms with Crippen molar-refractivity contribution in [3.05, 3.63) is 89.8 Å². The first kappa shape index (κ1) is 25.2. The number of oxazole rings is 1. The van der Waals surface area contributed by atoms with Crippen LogP contribution in [0.25, 0.3) is 11.5 Å². The second-order valence-electron chi connectivity index (χ2n) is 8.46. The van der Waals surface area contributed by atoms with Crippen molar-refractivity contribution < 1.29 is 36.9 Å². The molecule has 10 nitrogen and oxygen atoms in total. The van der Waals surface area contributed by atoms with Gasteiger partial charge in [0.1, 0.15) is 18.1 Å². The smallest absolute Gasteiger partial charge is 0.493 e. The average Bonchev–Trinajstić information content (AvgIpc) is 3.47. The molecule has 0 unspecified atom stereocenters. The maximum absolute atomic E-state index is 13.7. The van der Waals surface area contributed by atoms with Gasteiger partial charge in [0, 0.05) is 18.1 Å². The summed E-state index contributed by atoms with van der Waals surface area (Å²) in [6.07, 6.45) is -2.70. The van der Waals surface area contributed by atoms with Crippen molar-refractivity contribution in [1.82, 2.24) is 4.98 Å². The molecule has 0 aliphatic carbocycles. The summed E-state index contributed by atoms with van der Waals surface area (Å²) in [5, 5.41) is 9.17. The van der Waals surface area contributed by atoms with Gasteiger partial charge in [0.05, 0.1) is 17.7 Å². The summed E-state index contributed by atoms with van der Waals surface area (Å²) in [5.74, 6) is 1.55. The molecular formula is C27H24N2O8S. The first-order valence-corrected chi connectivity index (χ1v) is 13.1. The van der Waals surface area contributed by atoms with Gasteiger partial charge in [0.25, 0.3) is 10.0 Å². The van der Waals surface area contributed by atoms with E-state index in [-0.39, 0.29) is 23.7 Å². The Kier molecular flexibility index (Phi) is 6.68. The Morgan fingerprint density at radius 1 is 1.08 bits per heavy atom. The van der Waals surface area contributed by atoms with Crippen molar-refractivity contribution in [1.29, 1.82) is 0 Å². The minimum Gasteiger partial charge on any atom is -0.493 e. The molecule has 0 radical (unpaired) electrons. The highest BCUT2D eigenvalue weighted by atomic mass is 32.2. The van der Waals surface area contributed by atoms with Gasteiger partial charge in [0.2, 0.25) is 5.89 Å². The summed E-state index contributed by atoms with van der Waals surface area (Å²) in [5.41, 5.74) is 2.44. The SMILES string of the molecule is COc1cc(S(=O)(=O)N2c3ccccc3C[C@H]2OC(=O)O)ccc1OCc1nc(-c2ccccc2)oc1C. The van der Waals surface area contributed by atoms with E-state index in [0.29, 0.717) is 34.3 Å². The molecule has 4 aromatic rings. The maximum Gasteiger partial charge on any atom is 0.507 e. The Morgan fingerprint density at radius 3 is 2.55 bits per heavy atom. The van der Waals surface area contributed by atoms with Crippen LogP contribution in [0.3, 0.4) is 0 Å². The summed E-state index contributed by atoms with van der Waals surface area (Å²) in [6.45, 7) is 1.85. The van der Waals surface area contributed by atoms with Crippen molar-refractivity contribution >= 4 is 21.9 Å². The van der Waals surface area contributed by atoms with Crippen LogP contribution in [0.5, 0.6) is 11.5 Å². The van der Waals surface area contributed by atoms with E-state index in [0.717, 1.165) is 9.87 Å². The quantitative estimate of drug-likeness (QED) is 0.309. The molecule has 11 heteroatoms. The van der Waals surface area contributed by atoms with Gasteiger partial charge < -0.3 is 23.7 Å². The molecule has 1 aromatic heterocycles. The molecule has 1 aliphatic rings. The first-order chi connectivity index (χ1) is 18.3. The predicted molar refractivity (Wildman–Crippen MR) is 137 cm³/mol. The summed E-state index contributed by atoms with van der Waals surface area (Å²) in [6, 6.07) is 20.4. The van der Waals surface area contributed by atoms with E-state index in [2.05, 4.69) is 4.98 Å². The summed E-state index contributed by atoms with van der Waals surface area (Å²) >= 11 is 0. The van der Waals surface area contributed by atoms with Gasteiger partial charge in [-0.2, -0.15) is 0 Å². The zero-order valence-electron chi connectivity index (χ0n) is 20.5. The Balaban J connectivity index is 1.40. The largest absolute Gasteiger partial charge is 0.507 e. The van der Waals surface area contributed by atoms with Crippen LogP contribution in [0.1, 0.15) is 17.0 Å². The predicted octanol–water partition coefficient (Wildman–Crippen LogP) is 5.01. The number of hydrogen-bond acceptors (Lipinski definition) is 8. The minimum absolute atomic E-state index is 0.0681. The van der Waals surface area contributed by atoms with E-state index in [1.807, 2.05) is 30.3 Å². The second kappa shape index (κ2) is 10.1. The fourth-order valence-electron chi connectivity index (χ4n) is 4.27.